The highest BCUT2D eigenvalue weighted by Crippen LogP contribution is 2.44. The molecule has 1 heterocycles. The maximum absolute atomic E-state index is 13.7. The fourth-order valence-corrected chi connectivity index (χ4v) is 5.04. The summed E-state index contributed by atoms with van der Waals surface area (Å²) in [7, 11) is 0. The fourth-order valence-electron chi connectivity index (χ4n) is 4.45. The summed E-state index contributed by atoms with van der Waals surface area (Å²) >= 11 is 3.14. The zero-order valence-electron chi connectivity index (χ0n) is 17.3. The molecule has 1 aliphatic carbocycles. The first-order chi connectivity index (χ1) is 15.2. The molecule has 2 N–H and O–H groups in total. The highest BCUT2D eigenvalue weighted by molar-refractivity contribution is 9.10. The maximum Gasteiger partial charge on any atom is 0.420 e. The molecule has 170 valence electrons. The molecule has 0 amide bonds. The van der Waals surface area contributed by atoms with Crippen LogP contribution < -0.4 is 4.74 Å². The van der Waals surface area contributed by atoms with Gasteiger partial charge in [-0.05, 0) is 69.7 Å². The Labute approximate surface area is 191 Å². The van der Waals surface area contributed by atoms with Crippen LogP contribution in [0.3, 0.4) is 0 Å². The SMILES string of the molecule is O=C(O)Cc1cc(Br)c(Oc2ccc3[nH]cc(CC4CCCCC4)c3c2)c(C(F)(F)F)c1. The van der Waals surface area contributed by atoms with Crippen LogP contribution in [0.15, 0.2) is 41.0 Å². The molecule has 3 aromatic rings. The number of alkyl halides is 3. The van der Waals surface area contributed by atoms with Gasteiger partial charge in [0.05, 0.1) is 16.5 Å². The van der Waals surface area contributed by atoms with E-state index in [1.807, 2.05) is 6.20 Å². The molecule has 0 saturated heterocycles. The Morgan fingerprint density at radius 2 is 1.91 bits per heavy atom. The Kier molecular flexibility index (Phi) is 6.51. The summed E-state index contributed by atoms with van der Waals surface area (Å²) in [6, 6.07) is 7.37. The molecule has 1 saturated carbocycles. The third kappa shape index (κ3) is 5.11. The van der Waals surface area contributed by atoms with Crippen LogP contribution in [0.1, 0.15) is 48.8 Å². The first-order valence-corrected chi connectivity index (χ1v) is 11.4. The lowest BCUT2D eigenvalue weighted by molar-refractivity contribution is -0.139. The minimum atomic E-state index is -4.70. The van der Waals surface area contributed by atoms with Gasteiger partial charge in [0, 0.05) is 17.1 Å². The zero-order valence-corrected chi connectivity index (χ0v) is 18.9. The molecule has 2 aromatic carbocycles. The van der Waals surface area contributed by atoms with Crippen molar-refractivity contribution in [3.8, 4) is 11.5 Å². The van der Waals surface area contributed by atoms with Crippen LogP contribution in [-0.4, -0.2) is 16.1 Å². The van der Waals surface area contributed by atoms with Crippen molar-refractivity contribution >= 4 is 32.8 Å². The number of aliphatic carboxylic acids is 1. The predicted octanol–water partition coefficient (Wildman–Crippen LogP) is 7.49. The Hall–Kier alpha value is -2.48. The number of carboxylic acids is 1. The topological polar surface area (TPSA) is 62.3 Å². The molecule has 32 heavy (non-hydrogen) atoms. The number of ether oxygens (including phenoxy) is 1. The highest BCUT2D eigenvalue weighted by Gasteiger charge is 2.36. The Balaban J connectivity index is 1.66. The van der Waals surface area contributed by atoms with E-state index in [9.17, 15) is 18.0 Å². The fraction of sp³-hybridized carbons (Fsp3) is 0.375. The van der Waals surface area contributed by atoms with Crippen molar-refractivity contribution in [1.82, 2.24) is 4.98 Å². The van der Waals surface area contributed by atoms with Crippen molar-refractivity contribution in [2.45, 2.75) is 51.1 Å². The van der Waals surface area contributed by atoms with E-state index in [1.54, 1.807) is 18.2 Å². The number of hydrogen-bond donors (Lipinski definition) is 2. The molecular formula is C24H23BrF3NO3. The van der Waals surface area contributed by atoms with E-state index in [2.05, 4.69) is 20.9 Å². The summed E-state index contributed by atoms with van der Waals surface area (Å²) in [5.74, 6) is -0.670. The van der Waals surface area contributed by atoms with Gasteiger partial charge in [0.1, 0.15) is 5.75 Å². The molecule has 1 aromatic heterocycles. The number of fused-ring (bicyclic) bond motifs is 1. The number of benzene rings is 2. The molecule has 4 rings (SSSR count). The molecule has 4 nitrogen and oxygen atoms in total. The Bertz CT molecular complexity index is 1130. The minimum absolute atomic E-state index is 0.0416. The number of H-pyrrole nitrogens is 1. The smallest absolute Gasteiger partial charge is 0.420 e. The largest absolute Gasteiger partial charge is 0.481 e. The monoisotopic (exact) mass is 509 g/mol. The van der Waals surface area contributed by atoms with Crippen LogP contribution in [0.25, 0.3) is 10.9 Å². The van der Waals surface area contributed by atoms with E-state index in [4.69, 9.17) is 9.84 Å². The van der Waals surface area contributed by atoms with E-state index in [1.165, 1.54) is 38.2 Å². The molecule has 1 aliphatic rings. The lowest BCUT2D eigenvalue weighted by Crippen LogP contribution is -2.10. The van der Waals surface area contributed by atoms with Crippen LogP contribution in [-0.2, 0) is 23.8 Å². The van der Waals surface area contributed by atoms with Crippen LogP contribution in [0.4, 0.5) is 13.2 Å². The zero-order chi connectivity index (χ0) is 22.9. The number of rotatable bonds is 6. The van der Waals surface area contributed by atoms with Crippen LogP contribution in [0, 0.1) is 5.92 Å². The van der Waals surface area contributed by atoms with E-state index in [-0.39, 0.29) is 15.8 Å². The van der Waals surface area contributed by atoms with Gasteiger partial charge in [-0.2, -0.15) is 13.2 Å². The number of carboxylic acid groups (broad SMARTS) is 1. The summed E-state index contributed by atoms with van der Waals surface area (Å²) < 4.78 is 46.9. The summed E-state index contributed by atoms with van der Waals surface area (Å²) in [4.78, 5) is 14.2. The van der Waals surface area contributed by atoms with E-state index in [0.29, 0.717) is 11.7 Å². The van der Waals surface area contributed by atoms with Gasteiger partial charge in [-0.1, -0.05) is 32.1 Å². The van der Waals surface area contributed by atoms with Gasteiger partial charge in [-0.25, -0.2) is 0 Å². The Morgan fingerprint density at radius 1 is 1.16 bits per heavy atom. The molecule has 0 atom stereocenters. The molecule has 1 fully saturated rings. The average Bonchev–Trinajstić information content (AvgIpc) is 3.11. The highest BCUT2D eigenvalue weighted by atomic mass is 79.9. The number of nitrogens with one attached hydrogen (secondary N) is 1. The lowest BCUT2D eigenvalue weighted by atomic mass is 9.85. The van der Waals surface area contributed by atoms with E-state index in [0.717, 1.165) is 29.0 Å². The Morgan fingerprint density at radius 3 is 2.59 bits per heavy atom. The first kappa shape index (κ1) is 22.7. The second kappa shape index (κ2) is 9.17. The van der Waals surface area contributed by atoms with Gasteiger partial charge in [0.25, 0.3) is 0 Å². The van der Waals surface area contributed by atoms with Crippen molar-refractivity contribution in [1.29, 1.82) is 0 Å². The van der Waals surface area contributed by atoms with Gasteiger partial charge in [0.2, 0.25) is 0 Å². The molecule has 0 spiro atoms. The van der Waals surface area contributed by atoms with Crippen molar-refractivity contribution in [3.63, 3.8) is 0 Å². The minimum Gasteiger partial charge on any atom is -0.481 e. The van der Waals surface area contributed by atoms with Crippen molar-refractivity contribution in [2.75, 3.05) is 0 Å². The summed E-state index contributed by atoms with van der Waals surface area (Å²) in [5.41, 5.74) is 1.08. The molecule has 0 radical (unpaired) electrons. The van der Waals surface area contributed by atoms with E-state index < -0.39 is 24.1 Å². The maximum atomic E-state index is 13.7. The van der Waals surface area contributed by atoms with Crippen molar-refractivity contribution < 1.29 is 27.8 Å². The number of aromatic amines is 1. The number of halogens is 4. The van der Waals surface area contributed by atoms with Crippen molar-refractivity contribution in [3.05, 3.63) is 57.7 Å². The van der Waals surface area contributed by atoms with Crippen LogP contribution in [0.2, 0.25) is 0 Å². The second-order valence-corrected chi connectivity index (χ2v) is 9.21. The van der Waals surface area contributed by atoms with Gasteiger partial charge in [-0.3, -0.25) is 4.79 Å². The molecule has 0 aliphatic heterocycles. The van der Waals surface area contributed by atoms with Gasteiger partial charge >= 0.3 is 12.1 Å². The van der Waals surface area contributed by atoms with Crippen molar-refractivity contribution in [2.24, 2.45) is 5.92 Å². The quantitative estimate of drug-likeness (QED) is 0.361. The van der Waals surface area contributed by atoms with Gasteiger partial charge < -0.3 is 14.8 Å². The van der Waals surface area contributed by atoms with E-state index >= 15 is 0 Å². The van der Waals surface area contributed by atoms with Gasteiger partial charge in [-0.15, -0.1) is 0 Å². The molecule has 0 bridgehead atoms. The first-order valence-electron chi connectivity index (χ1n) is 10.6. The standard InChI is InChI=1S/C24H23BrF3NO3/c25-20-10-15(11-22(30)31)9-19(24(26,27)28)23(20)32-17-6-7-21-18(12-17)16(13-29-21)8-14-4-2-1-3-5-14/h6-7,9-10,12-14,29H,1-5,8,11H2,(H,30,31). The molecular weight excluding hydrogens is 487 g/mol. The van der Waals surface area contributed by atoms with Crippen LogP contribution in [0.5, 0.6) is 11.5 Å². The van der Waals surface area contributed by atoms with Gasteiger partial charge in [0.15, 0.2) is 5.75 Å². The third-order valence-electron chi connectivity index (χ3n) is 5.96. The number of carbonyl (C=O) groups is 1. The summed E-state index contributed by atoms with van der Waals surface area (Å²) in [6.07, 6.45) is 3.87. The summed E-state index contributed by atoms with van der Waals surface area (Å²) in [5, 5.41) is 9.89. The summed E-state index contributed by atoms with van der Waals surface area (Å²) in [6.45, 7) is 0. The normalized spacial score (nSPS) is 15.2. The molecule has 0 unspecified atom stereocenters. The lowest BCUT2D eigenvalue weighted by Gasteiger charge is -2.21. The molecule has 8 heteroatoms. The predicted molar refractivity (Wildman–Crippen MR) is 119 cm³/mol. The number of hydrogen-bond acceptors (Lipinski definition) is 2. The average molecular weight is 510 g/mol. The third-order valence-corrected chi connectivity index (χ3v) is 6.55. The number of aromatic nitrogens is 1. The second-order valence-electron chi connectivity index (χ2n) is 8.35. The van der Waals surface area contributed by atoms with Crippen LogP contribution >= 0.6 is 15.9 Å².